The minimum Gasteiger partial charge on any atom is -0.379 e. The highest BCUT2D eigenvalue weighted by Crippen LogP contribution is 2.17. The Kier molecular flexibility index (Phi) is 7.71. The lowest BCUT2D eigenvalue weighted by atomic mass is 10.2. The van der Waals surface area contributed by atoms with Crippen molar-refractivity contribution in [1.29, 1.82) is 0 Å². The smallest absolute Gasteiger partial charge is 0.225 e. The van der Waals surface area contributed by atoms with E-state index in [1.54, 1.807) is 0 Å². The van der Waals surface area contributed by atoms with Gasteiger partial charge in [0.15, 0.2) is 5.96 Å². The summed E-state index contributed by atoms with van der Waals surface area (Å²) in [5, 5.41) is 3.50. The number of likely N-dealkylation sites (tertiary alicyclic amines) is 1. The molecule has 1 atom stereocenters. The molecule has 3 saturated heterocycles. The second kappa shape index (κ2) is 10.9. The lowest BCUT2D eigenvalue weighted by Gasteiger charge is -2.34. The van der Waals surface area contributed by atoms with E-state index in [1.807, 2.05) is 18.5 Å². The molecule has 166 valence electrons. The molecule has 0 spiro atoms. The van der Waals surface area contributed by atoms with Crippen LogP contribution in [0.25, 0.3) is 0 Å². The van der Waals surface area contributed by atoms with Gasteiger partial charge in [0.2, 0.25) is 5.95 Å². The maximum Gasteiger partial charge on any atom is 0.225 e. The van der Waals surface area contributed by atoms with Crippen molar-refractivity contribution in [2.24, 2.45) is 4.99 Å². The Morgan fingerprint density at radius 3 is 2.60 bits per heavy atom. The van der Waals surface area contributed by atoms with E-state index in [2.05, 4.69) is 41.8 Å². The molecule has 3 aliphatic rings. The number of aliphatic imine (C=N–C) groups is 1. The second-order valence-electron chi connectivity index (χ2n) is 8.15. The average Bonchev–Trinajstić information content (AvgIpc) is 3.30. The summed E-state index contributed by atoms with van der Waals surface area (Å²) < 4.78 is 5.51. The normalized spacial score (nSPS) is 24.4. The summed E-state index contributed by atoms with van der Waals surface area (Å²) in [6.45, 7) is 14.9. The predicted molar refractivity (Wildman–Crippen MR) is 119 cm³/mol. The van der Waals surface area contributed by atoms with Crippen molar-refractivity contribution in [3.63, 3.8) is 0 Å². The summed E-state index contributed by atoms with van der Waals surface area (Å²) in [5.74, 6) is 1.91. The summed E-state index contributed by atoms with van der Waals surface area (Å²) in [6.07, 6.45) is 4.84. The third-order valence-electron chi connectivity index (χ3n) is 6.24. The number of rotatable bonds is 6. The molecule has 1 aromatic rings. The summed E-state index contributed by atoms with van der Waals surface area (Å²) in [5.41, 5.74) is 0. The van der Waals surface area contributed by atoms with Gasteiger partial charge in [-0.1, -0.05) is 0 Å². The largest absolute Gasteiger partial charge is 0.379 e. The molecule has 3 fully saturated rings. The number of piperazine rings is 1. The topological polar surface area (TPSA) is 72.4 Å². The molecular weight excluding hydrogens is 380 g/mol. The predicted octanol–water partition coefficient (Wildman–Crippen LogP) is -0.0294. The Balaban J connectivity index is 1.23. The first-order valence-corrected chi connectivity index (χ1v) is 11.4. The summed E-state index contributed by atoms with van der Waals surface area (Å²) >= 11 is 0. The Morgan fingerprint density at radius 2 is 1.87 bits per heavy atom. The number of hydrogen-bond acceptors (Lipinski definition) is 7. The van der Waals surface area contributed by atoms with Crippen molar-refractivity contribution in [2.45, 2.75) is 19.4 Å². The standard InChI is InChI=1S/C21H36N8O/c1-2-22-20(29-8-4-19(18-29)27-14-16-30-17-15-27)25-7-9-26-10-12-28(13-11-26)21-23-5-3-6-24-21/h3,5-6,19H,2,4,7-18H2,1H3,(H,22,25). The first kappa shape index (κ1) is 21.3. The van der Waals surface area contributed by atoms with Gasteiger partial charge in [0.05, 0.1) is 19.8 Å². The van der Waals surface area contributed by atoms with Crippen LogP contribution < -0.4 is 10.2 Å². The fraction of sp³-hybridized carbons (Fsp3) is 0.762. The van der Waals surface area contributed by atoms with Gasteiger partial charge in [0, 0.05) is 83.9 Å². The lowest BCUT2D eigenvalue weighted by molar-refractivity contribution is 0.0195. The van der Waals surface area contributed by atoms with Crippen LogP contribution in [0.4, 0.5) is 5.95 Å². The molecule has 9 nitrogen and oxygen atoms in total. The molecule has 9 heteroatoms. The number of nitrogens with zero attached hydrogens (tertiary/aromatic N) is 7. The molecular formula is C21H36N8O. The summed E-state index contributed by atoms with van der Waals surface area (Å²) in [4.78, 5) is 23.5. The van der Waals surface area contributed by atoms with Crippen molar-refractivity contribution >= 4 is 11.9 Å². The molecule has 0 amide bonds. The van der Waals surface area contributed by atoms with Crippen LogP contribution in [0.2, 0.25) is 0 Å². The Bertz CT molecular complexity index is 658. The fourth-order valence-corrected chi connectivity index (χ4v) is 4.52. The van der Waals surface area contributed by atoms with Crippen molar-refractivity contribution < 1.29 is 4.74 Å². The number of anilines is 1. The molecule has 4 rings (SSSR count). The van der Waals surface area contributed by atoms with E-state index in [4.69, 9.17) is 9.73 Å². The van der Waals surface area contributed by atoms with Gasteiger partial charge < -0.3 is 19.9 Å². The van der Waals surface area contributed by atoms with Gasteiger partial charge in [0.1, 0.15) is 0 Å². The van der Waals surface area contributed by atoms with E-state index >= 15 is 0 Å². The average molecular weight is 417 g/mol. The van der Waals surface area contributed by atoms with Crippen molar-refractivity contribution in [1.82, 2.24) is 30.0 Å². The van der Waals surface area contributed by atoms with Crippen LogP contribution in [0.5, 0.6) is 0 Å². The zero-order valence-corrected chi connectivity index (χ0v) is 18.2. The Morgan fingerprint density at radius 1 is 1.10 bits per heavy atom. The third-order valence-corrected chi connectivity index (χ3v) is 6.24. The highest BCUT2D eigenvalue weighted by molar-refractivity contribution is 5.80. The summed E-state index contributed by atoms with van der Waals surface area (Å²) in [7, 11) is 0. The molecule has 4 heterocycles. The van der Waals surface area contributed by atoms with Crippen LogP contribution in [0.15, 0.2) is 23.5 Å². The molecule has 1 unspecified atom stereocenters. The molecule has 0 aliphatic carbocycles. The minimum absolute atomic E-state index is 0.631. The number of ether oxygens (including phenoxy) is 1. The van der Waals surface area contributed by atoms with Crippen molar-refractivity contribution in [2.75, 3.05) is 90.1 Å². The fourth-order valence-electron chi connectivity index (χ4n) is 4.52. The maximum absolute atomic E-state index is 5.51. The van der Waals surface area contributed by atoms with E-state index in [-0.39, 0.29) is 0 Å². The zero-order chi connectivity index (χ0) is 20.6. The quantitative estimate of drug-likeness (QED) is 0.512. The number of aromatic nitrogens is 2. The van der Waals surface area contributed by atoms with Gasteiger partial charge in [-0.2, -0.15) is 0 Å². The van der Waals surface area contributed by atoms with Crippen molar-refractivity contribution in [3.05, 3.63) is 18.5 Å². The molecule has 1 aromatic heterocycles. The number of guanidine groups is 1. The third kappa shape index (κ3) is 5.59. The van der Waals surface area contributed by atoms with E-state index in [0.717, 1.165) is 97.1 Å². The Labute approximate surface area is 180 Å². The molecule has 0 bridgehead atoms. The highest BCUT2D eigenvalue weighted by Gasteiger charge is 2.30. The van der Waals surface area contributed by atoms with Gasteiger partial charge in [-0.25, -0.2) is 9.97 Å². The number of hydrogen-bond donors (Lipinski definition) is 1. The Hall–Kier alpha value is -1.97. The lowest BCUT2D eigenvalue weighted by Crippen LogP contribution is -2.48. The van der Waals surface area contributed by atoms with Crippen LogP contribution in [0.1, 0.15) is 13.3 Å². The maximum atomic E-state index is 5.51. The SMILES string of the molecule is CCNC(=NCCN1CCN(c2ncccn2)CC1)N1CCC(N2CCOCC2)C1. The van der Waals surface area contributed by atoms with Gasteiger partial charge in [-0.15, -0.1) is 0 Å². The minimum atomic E-state index is 0.631. The number of morpholine rings is 1. The molecule has 3 aliphatic heterocycles. The molecule has 0 saturated carbocycles. The van der Waals surface area contributed by atoms with Crippen LogP contribution in [0, 0.1) is 0 Å². The van der Waals surface area contributed by atoms with Gasteiger partial charge in [-0.05, 0) is 19.4 Å². The van der Waals surface area contributed by atoms with Gasteiger partial charge >= 0.3 is 0 Å². The second-order valence-corrected chi connectivity index (χ2v) is 8.15. The van der Waals surface area contributed by atoms with Crippen molar-refractivity contribution in [3.8, 4) is 0 Å². The van der Waals surface area contributed by atoms with E-state index in [0.29, 0.717) is 6.04 Å². The van der Waals surface area contributed by atoms with E-state index in [9.17, 15) is 0 Å². The number of nitrogens with one attached hydrogen (secondary N) is 1. The first-order valence-electron chi connectivity index (χ1n) is 11.4. The van der Waals surface area contributed by atoms with E-state index in [1.165, 1.54) is 6.42 Å². The van der Waals surface area contributed by atoms with Crippen LogP contribution in [0.3, 0.4) is 0 Å². The summed E-state index contributed by atoms with van der Waals surface area (Å²) in [6, 6.07) is 2.49. The van der Waals surface area contributed by atoms with Crippen LogP contribution >= 0.6 is 0 Å². The molecule has 0 aromatic carbocycles. The van der Waals surface area contributed by atoms with Gasteiger partial charge in [-0.3, -0.25) is 14.8 Å². The van der Waals surface area contributed by atoms with E-state index < -0.39 is 0 Å². The molecule has 30 heavy (non-hydrogen) atoms. The monoisotopic (exact) mass is 416 g/mol. The highest BCUT2D eigenvalue weighted by atomic mass is 16.5. The zero-order valence-electron chi connectivity index (χ0n) is 18.2. The van der Waals surface area contributed by atoms with Gasteiger partial charge in [0.25, 0.3) is 0 Å². The first-order chi connectivity index (χ1) is 14.8. The van der Waals surface area contributed by atoms with Crippen LogP contribution in [-0.4, -0.2) is 122 Å². The molecule has 0 radical (unpaired) electrons. The van der Waals surface area contributed by atoms with Crippen LogP contribution in [-0.2, 0) is 4.74 Å². The molecule has 1 N–H and O–H groups in total.